The Morgan fingerprint density at radius 2 is 1.40 bits per heavy atom. The molecule has 1 heterocycles. The molecule has 3 aromatic carbocycles. The van der Waals surface area contributed by atoms with Gasteiger partial charge in [0.2, 0.25) is 0 Å². The standard InChI is InChI=1S/C23H13Cl4F3N2O2S/c1-35(33,34)15-6-2-12(3-7-15)21-20(16-8-4-13(24)10-17(16)26)22(23(28,29)30)31-32(21)19-9-5-14(25)11-18(19)27/h2-11H,1H3. The van der Waals surface area contributed by atoms with Crippen LogP contribution in [0.15, 0.2) is 65.6 Å². The summed E-state index contributed by atoms with van der Waals surface area (Å²) in [5.74, 6) is 0. The highest BCUT2D eigenvalue weighted by atomic mass is 35.5. The van der Waals surface area contributed by atoms with Crippen molar-refractivity contribution in [3.63, 3.8) is 0 Å². The lowest BCUT2D eigenvalue weighted by atomic mass is 9.98. The summed E-state index contributed by atoms with van der Waals surface area (Å²) in [6.45, 7) is 0. The number of benzene rings is 3. The molecular weight excluding hydrogens is 567 g/mol. The van der Waals surface area contributed by atoms with Crippen LogP contribution in [-0.2, 0) is 16.0 Å². The zero-order valence-corrected chi connectivity index (χ0v) is 21.4. The van der Waals surface area contributed by atoms with E-state index in [4.69, 9.17) is 46.4 Å². The van der Waals surface area contributed by atoms with E-state index in [1.807, 2.05) is 0 Å². The number of rotatable bonds is 4. The maximum absolute atomic E-state index is 14.3. The Hall–Kier alpha value is -2.23. The van der Waals surface area contributed by atoms with Crippen molar-refractivity contribution in [2.24, 2.45) is 0 Å². The Bertz CT molecular complexity index is 1550. The molecule has 1 aromatic heterocycles. The number of aromatic nitrogens is 2. The zero-order chi connectivity index (χ0) is 25.7. The van der Waals surface area contributed by atoms with E-state index in [0.29, 0.717) is 0 Å². The zero-order valence-electron chi connectivity index (χ0n) is 17.5. The minimum atomic E-state index is -4.87. The van der Waals surface area contributed by atoms with Crippen LogP contribution < -0.4 is 0 Å². The Morgan fingerprint density at radius 1 is 0.829 bits per heavy atom. The average molecular weight is 580 g/mol. The van der Waals surface area contributed by atoms with Gasteiger partial charge in [-0.1, -0.05) is 64.6 Å². The molecule has 35 heavy (non-hydrogen) atoms. The smallest absolute Gasteiger partial charge is 0.230 e. The van der Waals surface area contributed by atoms with Crippen molar-refractivity contribution in [3.8, 4) is 28.1 Å². The Balaban J connectivity index is 2.14. The minimum absolute atomic E-state index is 0.000962. The summed E-state index contributed by atoms with van der Waals surface area (Å²) in [4.78, 5) is -0.000962. The van der Waals surface area contributed by atoms with Crippen molar-refractivity contribution in [1.82, 2.24) is 9.78 Å². The molecule has 0 amide bonds. The van der Waals surface area contributed by atoms with Crippen LogP contribution in [0.2, 0.25) is 20.1 Å². The van der Waals surface area contributed by atoms with E-state index in [-0.39, 0.29) is 53.1 Å². The van der Waals surface area contributed by atoms with E-state index in [9.17, 15) is 21.6 Å². The van der Waals surface area contributed by atoms with Gasteiger partial charge in [0, 0.05) is 33.0 Å². The lowest BCUT2D eigenvalue weighted by molar-refractivity contribution is -0.140. The molecule has 0 spiro atoms. The van der Waals surface area contributed by atoms with Gasteiger partial charge in [-0.05, 0) is 42.5 Å². The fourth-order valence-electron chi connectivity index (χ4n) is 3.52. The van der Waals surface area contributed by atoms with Crippen molar-refractivity contribution in [2.45, 2.75) is 11.1 Å². The fourth-order valence-corrected chi connectivity index (χ4v) is 5.14. The van der Waals surface area contributed by atoms with Crippen molar-refractivity contribution >= 4 is 56.2 Å². The molecule has 0 N–H and O–H groups in total. The molecule has 0 bridgehead atoms. The van der Waals surface area contributed by atoms with E-state index in [1.54, 1.807) is 0 Å². The predicted octanol–water partition coefficient (Wildman–Crippen LogP) is 8.24. The maximum atomic E-state index is 14.3. The molecular formula is C23H13Cl4F3N2O2S. The first-order chi connectivity index (χ1) is 16.3. The lowest BCUT2D eigenvalue weighted by Gasteiger charge is -2.14. The van der Waals surface area contributed by atoms with Gasteiger partial charge in [-0.25, -0.2) is 13.1 Å². The first-order valence-electron chi connectivity index (χ1n) is 9.69. The fraction of sp³-hybridized carbons (Fsp3) is 0.0870. The highest BCUT2D eigenvalue weighted by Gasteiger charge is 2.41. The van der Waals surface area contributed by atoms with E-state index >= 15 is 0 Å². The first-order valence-corrected chi connectivity index (χ1v) is 13.1. The highest BCUT2D eigenvalue weighted by molar-refractivity contribution is 7.90. The maximum Gasteiger partial charge on any atom is 0.435 e. The molecule has 0 aliphatic carbocycles. The third-order valence-electron chi connectivity index (χ3n) is 5.05. The summed E-state index contributed by atoms with van der Waals surface area (Å²) < 4.78 is 67.7. The topological polar surface area (TPSA) is 52.0 Å². The average Bonchev–Trinajstić information content (AvgIpc) is 3.14. The molecule has 0 radical (unpaired) electrons. The van der Waals surface area contributed by atoms with Gasteiger partial charge in [0.05, 0.1) is 26.3 Å². The van der Waals surface area contributed by atoms with Crippen molar-refractivity contribution in [3.05, 3.63) is 86.4 Å². The minimum Gasteiger partial charge on any atom is -0.230 e. The van der Waals surface area contributed by atoms with Crippen LogP contribution in [0.3, 0.4) is 0 Å². The van der Waals surface area contributed by atoms with Crippen molar-refractivity contribution in [2.75, 3.05) is 6.26 Å². The number of alkyl halides is 3. The number of hydrogen-bond acceptors (Lipinski definition) is 3. The second kappa shape index (κ2) is 9.33. The summed E-state index contributed by atoms with van der Waals surface area (Å²) >= 11 is 24.6. The van der Waals surface area contributed by atoms with Crippen LogP contribution in [0.4, 0.5) is 13.2 Å². The van der Waals surface area contributed by atoms with Crippen LogP contribution in [-0.4, -0.2) is 24.5 Å². The van der Waals surface area contributed by atoms with Gasteiger partial charge in [-0.3, -0.25) is 0 Å². The van der Waals surface area contributed by atoms with Gasteiger partial charge in [-0.2, -0.15) is 18.3 Å². The number of nitrogens with zero attached hydrogens (tertiary/aromatic N) is 2. The molecule has 0 saturated heterocycles. The second-order valence-electron chi connectivity index (χ2n) is 7.50. The molecule has 4 nitrogen and oxygen atoms in total. The lowest BCUT2D eigenvalue weighted by Crippen LogP contribution is -2.08. The largest absolute Gasteiger partial charge is 0.435 e. The normalized spacial score (nSPS) is 12.2. The molecule has 0 aliphatic rings. The van der Waals surface area contributed by atoms with Crippen LogP contribution in [0.5, 0.6) is 0 Å². The van der Waals surface area contributed by atoms with E-state index in [1.165, 1.54) is 60.7 Å². The van der Waals surface area contributed by atoms with Crippen LogP contribution in [0.1, 0.15) is 5.69 Å². The molecule has 0 fully saturated rings. The van der Waals surface area contributed by atoms with Gasteiger partial charge in [0.25, 0.3) is 0 Å². The summed E-state index contributed by atoms with van der Waals surface area (Å²) in [7, 11) is -3.54. The van der Waals surface area contributed by atoms with E-state index < -0.39 is 21.7 Å². The molecule has 0 aliphatic heterocycles. The van der Waals surface area contributed by atoms with Gasteiger partial charge in [0.1, 0.15) is 0 Å². The number of sulfone groups is 1. The van der Waals surface area contributed by atoms with E-state index in [2.05, 4.69) is 5.10 Å². The Labute approximate surface area is 218 Å². The second-order valence-corrected chi connectivity index (χ2v) is 11.2. The summed E-state index contributed by atoms with van der Waals surface area (Å²) in [5, 5.41) is 4.42. The molecule has 0 saturated carbocycles. The third kappa shape index (κ3) is 5.17. The predicted molar refractivity (Wildman–Crippen MR) is 133 cm³/mol. The van der Waals surface area contributed by atoms with Crippen LogP contribution in [0, 0.1) is 0 Å². The van der Waals surface area contributed by atoms with E-state index in [0.717, 1.165) is 10.9 Å². The first kappa shape index (κ1) is 25.9. The summed E-state index contributed by atoms with van der Waals surface area (Å²) in [6, 6.07) is 13.7. The molecule has 182 valence electrons. The number of hydrogen-bond donors (Lipinski definition) is 0. The molecule has 4 aromatic rings. The monoisotopic (exact) mass is 578 g/mol. The van der Waals surface area contributed by atoms with Gasteiger partial charge >= 0.3 is 6.18 Å². The molecule has 0 unspecified atom stereocenters. The summed E-state index contributed by atoms with van der Waals surface area (Å²) in [6.07, 6.45) is -3.84. The summed E-state index contributed by atoms with van der Waals surface area (Å²) in [5.41, 5.74) is -1.15. The number of halogens is 7. The SMILES string of the molecule is CS(=O)(=O)c1ccc(-c2c(-c3ccc(Cl)cc3Cl)c(C(F)(F)F)nn2-c2ccc(Cl)cc2Cl)cc1. The van der Waals surface area contributed by atoms with Gasteiger partial charge < -0.3 is 0 Å². The molecule has 4 rings (SSSR count). The Morgan fingerprint density at radius 3 is 1.91 bits per heavy atom. The van der Waals surface area contributed by atoms with Crippen LogP contribution >= 0.6 is 46.4 Å². The quantitative estimate of drug-likeness (QED) is 0.244. The molecule has 0 atom stereocenters. The Kier molecular flexibility index (Phi) is 6.89. The van der Waals surface area contributed by atoms with Crippen molar-refractivity contribution in [1.29, 1.82) is 0 Å². The van der Waals surface area contributed by atoms with Gasteiger partial charge in [0.15, 0.2) is 15.5 Å². The van der Waals surface area contributed by atoms with Crippen LogP contribution in [0.25, 0.3) is 28.1 Å². The third-order valence-corrected chi connectivity index (χ3v) is 7.26. The van der Waals surface area contributed by atoms with Gasteiger partial charge in [-0.15, -0.1) is 0 Å². The highest BCUT2D eigenvalue weighted by Crippen LogP contribution is 2.46. The molecule has 12 heteroatoms. The van der Waals surface area contributed by atoms with Crippen molar-refractivity contribution < 1.29 is 21.6 Å².